The van der Waals surface area contributed by atoms with E-state index in [1.165, 1.54) is 6.07 Å². The summed E-state index contributed by atoms with van der Waals surface area (Å²) in [6.07, 6.45) is -4.43. The number of anilines is 1. The highest BCUT2D eigenvalue weighted by Crippen LogP contribution is 2.35. The molecule has 1 aromatic heterocycles. The van der Waals surface area contributed by atoms with Gasteiger partial charge in [0.1, 0.15) is 5.52 Å². The van der Waals surface area contributed by atoms with Crippen LogP contribution in [0.25, 0.3) is 22.6 Å². The molecule has 0 saturated heterocycles. The molecule has 3 nitrogen and oxygen atoms in total. The molecule has 2 aromatic carbocycles. The Bertz CT molecular complexity index is 827. The monoisotopic (exact) mass is 312 g/mol. The number of fused-ring (bicyclic) bond motifs is 1. The first-order valence-electron chi connectivity index (χ1n) is 5.88. The van der Waals surface area contributed by atoms with E-state index in [9.17, 15) is 13.2 Å². The van der Waals surface area contributed by atoms with Crippen LogP contribution < -0.4 is 5.73 Å². The molecule has 0 atom stereocenters. The van der Waals surface area contributed by atoms with E-state index >= 15 is 0 Å². The van der Waals surface area contributed by atoms with Crippen LogP contribution >= 0.6 is 11.6 Å². The van der Waals surface area contributed by atoms with E-state index in [2.05, 4.69) is 4.98 Å². The molecule has 3 aromatic rings. The first-order valence-corrected chi connectivity index (χ1v) is 6.26. The molecule has 0 spiro atoms. The third-order valence-electron chi connectivity index (χ3n) is 3.00. The number of benzene rings is 2. The van der Waals surface area contributed by atoms with E-state index in [1.54, 1.807) is 18.2 Å². The van der Waals surface area contributed by atoms with Gasteiger partial charge in [-0.2, -0.15) is 13.2 Å². The predicted octanol–water partition coefficient (Wildman–Crippen LogP) is 4.75. The SMILES string of the molecule is Nc1c(Cl)cccc1-c1nc2cc(C(F)(F)F)ccc2o1. The van der Waals surface area contributed by atoms with Gasteiger partial charge in [0.2, 0.25) is 5.89 Å². The zero-order valence-corrected chi connectivity index (χ0v) is 11.2. The van der Waals surface area contributed by atoms with Gasteiger partial charge in [-0.15, -0.1) is 0 Å². The molecule has 0 amide bonds. The molecule has 0 radical (unpaired) electrons. The van der Waals surface area contributed by atoms with E-state index in [1.807, 2.05) is 0 Å². The molecule has 0 aliphatic rings. The Morgan fingerprint density at radius 3 is 2.62 bits per heavy atom. The number of hydrogen-bond acceptors (Lipinski definition) is 3. The van der Waals surface area contributed by atoms with E-state index in [0.29, 0.717) is 10.6 Å². The summed E-state index contributed by atoms with van der Waals surface area (Å²) in [6, 6.07) is 8.00. The maximum Gasteiger partial charge on any atom is 0.416 e. The fourth-order valence-corrected chi connectivity index (χ4v) is 2.12. The van der Waals surface area contributed by atoms with Crippen LogP contribution in [0.3, 0.4) is 0 Å². The van der Waals surface area contributed by atoms with Gasteiger partial charge in [0.25, 0.3) is 0 Å². The van der Waals surface area contributed by atoms with Crippen molar-refractivity contribution < 1.29 is 17.6 Å². The van der Waals surface area contributed by atoms with Crippen molar-refractivity contribution in [1.29, 1.82) is 0 Å². The van der Waals surface area contributed by atoms with Crippen molar-refractivity contribution in [3.8, 4) is 11.5 Å². The standard InChI is InChI=1S/C14H8ClF3N2O/c15-9-3-1-2-8(12(9)19)13-20-10-6-7(14(16,17)18)4-5-11(10)21-13/h1-6H,19H2. The molecule has 0 aliphatic heterocycles. The molecule has 7 heteroatoms. The fraction of sp³-hybridized carbons (Fsp3) is 0.0714. The van der Waals surface area contributed by atoms with Gasteiger partial charge >= 0.3 is 6.18 Å². The summed E-state index contributed by atoms with van der Waals surface area (Å²) < 4.78 is 43.4. The van der Waals surface area contributed by atoms with Crippen molar-refractivity contribution in [3.05, 3.63) is 47.0 Å². The zero-order chi connectivity index (χ0) is 15.2. The first kappa shape index (κ1) is 13.8. The molecule has 21 heavy (non-hydrogen) atoms. The second-order valence-corrected chi connectivity index (χ2v) is 4.81. The summed E-state index contributed by atoms with van der Waals surface area (Å²) in [5, 5.41) is 0.325. The Kier molecular flexibility index (Phi) is 3.06. The number of para-hydroxylation sites is 1. The third-order valence-corrected chi connectivity index (χ3v) is 3.33. The second-order valence-electron chi connectivity index (χ2n) is 4.40. The zero-order valence-electron chi connectivity index (χ0n) is 10.4. The van der Waals surface area contributed by atoms with E-state index in [-0.39, 0.29) is 22.7 Å². The molecule has 0 saturated carbocycles. The highest BCUT2D eigenvalue weighted by molar-refractivity contribution is 6.33. The third kappa shape index (κ3) is 2.42. The van der Waals surface area contributed by atoms with Crippen LogP contribution in [0.5, 0.6) is 0 Å². The number of halogens is 4. The highest BCUT2D eigenvalue weighted by atomic mass is 35.5. The molecule has 0 fully saturated rings. The normalized spacial score (nSPS) is 12.0. The van der Waals surface area contributed by atoms with Crippen LogP contribution in [0, 0.1) is 0 Å². The molecular formula is C14H8ClF3N2O. The van der Waals surface area contributed by atoms with Crippen molar-refractivity contribution in [3.63, 3.8) is 0 Å². The Morgan fingerprint density at radius 2 is 1.90 bits per heavy atom. The van der Waals surface area contributed by atoms with Gasteiger partial charge in [0.15, 0.2) is 5.58 Å². The fourth-order valence-electron chi connectivity index (χ4n) is 1.94. The minimum absolute atomic E-state index is 0.110. The van der Waals surface area contributed by atoms with Crippen LogP contribution in [-0.4, -0.2) is 4.98 Å². The molecule has 3 rings (SSSR count). The van der Waals surface area contributed by atoms with Crippen LogP contribution in [-0.2, 0) is 6.18 Å². The molecule has 1 heterocycles. The minimum Gasteiger partial charge on any atom is -0.436 e. The average Bonchev–Trinajstić information content (AvgIpc) is 2.83. The van der Waals surface area contributed by atoms with Crippen molar-refractivity contribution >= 4 is 28.4 Å². The van der Waals surface area contributed by atoms with Gasteiger partial charge in [0.05, 0.1) is 21.8 Å². The summed E-state index contributed by atoms with van der Waals surface area (Å²) in [5.41, 5.74) is 6.10. The van der Waals surface area contributed by atoms with E-state index in [4.69, 9.17) is 21.8 Å². The van der Waals surface area contributed by atoms with E-state index in [0.717, 1.165) is 12.1 Å². The lowest BCUT2D eigenvalue weighted by atomic mass is 10.2. The Labute approximate surface area is 122 Å². The number of oxazole rings is 1. The summed E-state index contributed by atoms with van der Waals surface area (Å²) in [4.78, 5) is 4.05. The lowest BCUT2D eigenvalue weighted by Gasteiger charge is -2.04. The van der Waals surface area contributed by atoms with Crippen molar-refractivity contribution in [1.82, 2.24) is 4.98 Å². The molecular weight excluding hydrogens is 305 g/mol. The number of alkyl halides is 3. The first-order chi connectivity index (χ1) is 9.86. The van der Waals surface area contributed by atoms with E-state index < -0.39 is 11.7 Å². The van der Waals surface area contributed by atoms with Gasteiger partial charge in [-0.25, -0.2) is 4.98 Å². The molecule has 2 N–H and O–H groups in total. The molecule has 0 bridgehead atoms. The van der Waals surface area contributed by atoms with Gasteiger partial charge in [0, 0.05) is 0 Å². The number of nitrogens with two attached hydrogens (primary N) is 1. The van der Waals surface area contributed by atoms with Crippen LogP contribution in [0.15, 0.2) is 40.8 Å². The molecule has 108 valence electrons. The van der Waals surface area contributed by atoms with Gasteiger partial charge in [-0.1, -0.05) is 17.7 Å². The lowest BCUT2D eigenvalue weighted by molar-refractivity contribution is -0.137. The van der Waals surface area contributed by atoms with Crippen LogP contribution in [0.1, 0.15) is 5.56 Å². The Balaban J connectivity index is 2.15. The number of rotatable bonds is 1. The summed E-state index contributed by atoms with van der Waals surface area (Å²) in [6.45, 7) is 0. The number of nitrogen functional groups attached to an aromatic ring is 1. The quantitative estimate of drug-likeness (QED) is 0.660. The average molecular weight is 313 g/mol. The van der Waals surface area contributed by atoms with Gasteiger partial charge in [-0.05, 0) is 30.3 Å². The maximum absolute atomic E-state index is 12.7. The maximum atomic E-state index is 12.7. The predicted molar refractivity (Wildman–Crippen MR) is 73.9 cm³/mol. The Hall–Kier alpha value is -2.21. The summed E-state index contributed by atoms with van der Waals surface area (Å²) in [7, 11) is 0. The minimum atomic E-state index is -4.43. The highest BCUT2D eigenvalue weighted by Gasteiger charge is 2.31. The largest absolute Gasteiger partial charge is 0.436 e. The topological polar surface area (TPSA) is 52.0 Å². The lowest BCUT2D eigenvalue weighted by Crippen LogP contribution is -2.03. The van der Waals surface area contributed by atoms with Crippen LogP contribution in [0.2, 0.25) is 5.02 Å². The van der Waals surface area contributed by atoms with Gasteiger partial charge < -0.3 is 10.2 Å². The van der Waals surface area contributed by atoms with Gasteiger partial charge in [-0.3, -0.25) is 0 Å². The van der Waals surface area contributed by atoms with Crippen LogP contribution in [0.4, 0.5) is 18.9 Å². The summed E-state index contributed by atoms with van der Waals surface area (Å²) >= 11 is 5.90. The number of nitrogens with zero attached hydrogens (tertiary/aromatic N) is 1. The smallest absolute Gasteiger partial charge is 0.416 e. The van der Waals surface area contributed by atoms with Crippen molar-refractivity contribution in [2.75, 3.05) is 5.73 Å². The molecule has 0 aliphatic carbocycles. The summed E-state index contributed by atoms with van der Waals surface area (Å²) in [5.74, 6) is 0.129. The van der Waals surface area contributed by atoms with Crippen molar-refractivity contribution in [2.24, 2.45) is 0 Å². The second kappa shape index (κ2) is 4.66. The number of aromatic nitrogens is 1. The van der Waals surface area contributed by atoms with Crippen molar-refractivity contribution in [2.45, 2.75) is 6.18 Å². The Morgan fingerprint density at radius 1 is 1.14 bits per heavy atom. The number of hydrogen-bond donors (Lipinski definition) is 1. The molecule has 0 unspecified atom stereocenters.